The van der Waals surface area contributed by atoms with Crippen molar-refractivity contribution in [2.24, 2.45) is 5.73 Å². The molecule has 0 radical (unpaired) electrons. The number of nitrogens with two attached hydrogens (primary N) is 1. The van der Waals surface area contributed by atoms with Crippen LogP contribution in [0.2, 0.25) is 0 Å². The van der Waals surface area contributed by atoms with Gasteiger partial charge < -0.3 is 16.4 Å². The predicted octanol–water partition coefficient (Wildman–Crippen LogP) is -1.91. The number of hydrogen-bond acceptors (Lipinski definition) is 4. The number of nitrogens with zero attached hydrogens (tertiary/aromatic N) is 1. The van der Waals surface area contributed by atoms with E-state index in [0.29, 0.717) is 6.54 Å². The molecule has 0 aromatic heterocycles. The molecule has 4 N–H and O–H groups in total. The first-order chi connectivity index (χ1) is 6.20. The zero-order valence-corrected chi connectivity index (χ0v) is 7.17. The quantitative estimate of drug-likeness (QED) is 0.433. The van der Waals surface area contributed by atoms with Crippen molar-refractivity contribution in [1.82, 2.24) is 10.6 Å². The Bertz CT molecular complexity index is 221. The normalized spacial score (nSPS) is 8.62. The number of hydrogen-bond donors (Lipinski definition) is 3. The number of nitriles is 1. The molecule has 0 atom stereocenters. The molecule has 13 heavy (non-hydrogen) atoms. The topological polar surface area (TPSA) is 108 Å². The minimum Gasteiger partial charge on any atom is -0.354 e. The van der Waals surface area contributed by atoms with Crippen LogP contribution in [-0.2, 0) is 9.59 Å². The fraction of sp³-hybridized carbons (Fsp3) is 0.571. The maximum atomic E-state index is 10.9. The molecule has 0 saturated heterocycles. The smallest absolute Gasteiger partial charge is 0.239 e. The maximum absolute atomic E-state index is 10.9. The molecule has 0 unspecified atom stereocenters. The van der Waals surface area contributed by atoms with Crippen LogP contribution in [0, 0.1) is 11.3 Å². The second kappa shape index (κ2) is 7.06. The van der Waals surface area contributed by atoms with Crippen molar-refractivity contribution in [3.63, 3.8) is 0 Å². The van der Waals surface area contributed by atoms with Gasteiger partial charge in [-0.15, -0.1) is 0 Å². The average molecular weight is 184 g/mol. The molecule has 0 aliphatic rings. The Morgan fingerprint density at radius 2 is 2.00 bits per heavy atom. The van der Waals surface area contributed by atoms with Crippen molar-refractivity contribution in [3.05, 3.63) is 0 Å². The second-order valence-electron chi connectivity index (χ2n) is 2.24. The summed E-state index contributed by atoms with van der Waals surface area (Å²) in [5.41, 5.74) is 4.99. The van der Waals surface area contributed by atoms with E-state index in [0.717, 1.165) is 0 Å². The molecule has 6 heteroatoms. The number of rotatable bonds is 5. The maximum Gasteiger partial charge on any atom is 0.239 e. The Hall–Kier alpha value is -1.61. The number of carbonyl (C=O) groups is 2. The lowest BCUT2D eigenvalue weighted by molar-refractivity contribution is -0.125. The molecule has 0 heterocycles. The molecule has 0 saturated carbocycles. The molecule has 0 aliphatic heterocycles. The molecule has 0 bridgehead atoms. The van der Waals surface area contributed by atoms with E-state index < -0.39 is 0 Å². The highest BCUT2D eigenvalue weighted by atomic mass is 16.2. The Labute approximate surface area is 76.1 Å². The molecular weight excluding hydrogens is 172 g/mol. The molecule has 72 valence electrons. The molecule has 0 fully saturated rings. The summed E-state index contributed by atoms with van der Waals surface area (Å²) >= 11 is 0. The van der Waals surface area contributed by atoms with Gasteiger partial charge in [-0.05, 0) is 0 Å². The van der Waals surface area contributed by atoms with Gasteiger partial charge in [0, 0.05) is 6.54 Å². The summed E-state index contributed by atoms with van der Waals surface area (Å²) in [5.74, 6) is -0.701. The second-order valence-corrected chi connectivity index (χ2v) is 2.24. The molecule has 0 spiro atoms. The van der Waals surface area contributed by atoms with Gasteiger partial charge in [-0.25, -0.2) is 0 Å². The largest absolute Gasteiger partial charge is 0.354 e. The van der Waals surface area contributed by atoms with Crippen molar-refractivity contribution < 1.29 is 9.59 Å². The predicted molar refractivity (Wildman–Crippen MR) is 45.3 cm³/mol. The van der Waals surface area contributed by atoms with E-state index in [2.05, 4.69) is 10.6 Å². The first kappa shape index (κ1) is 11.4. The van der Waals surface area contributed by atoms with E-state index in [4.69, 9.17) is 11.0 Å². The van der Waals surface area contributed by atoms with E-state index in [1.165, 1.54) is 0 Å². The number of carbonyl (C=O) groups excluding carboxylic acids is 2. The van der Waals surface area contributed by atoms with Crippen LogP contribution in [0.4, 0.5) is 0 Å². The van der Waals surface area contributed by atoms with Crippen LogP contribution >= 0.6 is 0 Å². The third-order valence-corrected chi connectivity index (χ3v) is 1.19. The van der Waals surface area contributed by atoms with E-state index in [-0.39, 0.29) is 31.3 Å². The summed E-state index contributed by atoms with van der Waals surface area (Å²) in [6.07, 6.45) is 0.260. The highest BCUT2D eigenvalue weighted by Crippen LogP contribution is 1.71. The van der Waals surface area contributed by atoms with Crippen molar-refractivity contribution in [1.29, 1.82) is 5.26 Å². The fourth-order valence-corrected chi connectivity index (χ4v) is 0.571. The summed E-state index contributed by atoms with van der Waals surface area (Å²) in [6.45, 7) is 0.0702. The first-order valence-corrected chi connectivity index (χ1v) is 3.81. The third kappa shape index (κ3) is 6.77. The van der Waals surface area contributed by atoms with Gasteiger partial charge in [-0.2, -0.15) is 5.26 Å². The van der Waals surface area contributed by atoms with Crippen molar-refractivity contribution in [3.8, 4) is 6.07 Å². The summed E-state index contributed by atoms with van der Waals surface area (Å²) in [7, 11) is 0. The summed E-state index contributed by atoms with van der Waals surface area (Å²) in [4.78, 5) is 21.4. The van der Waals surface area contributed by atoms with Crippen LogP contribution in [0.25, 0.3) is 0 Å². The zero-order chi connectivity index (χ0) is 10.1. The highest BCUT2D eigenvalue weighted by Gasteiger charge is 2.01. The zero-order valence-electron chi connectivity index (χ0n) is 7.17. The van der Waals surface area contributed by atoms with Crippen LogP contribution < -0.4 is 16.4 Å². The van der Waals surface area contributed by atoms with Gasteiger partial charge in [0.1, 0.15) is 0 Å². The molecule has 6 nitrogen and oxygen atoms in total. The van der Waals surface area contributed by atoms with Crippen molar-refractivity contribution in [2.75, 3.05) is 19.6 Å². The summed E-state index contributed by atoms with van der Waals surface area (Å²) in [6, 6.07) is 1.88. The standard InChI is InChI=1S/C7H12N4O2/c8-2-1-3-10-7(13)5-11-6(12)4-9/h1,3-5,9H2,(H,10,13)(H,11,12). The molecule has 0 aromatic rings. The van der Waals surface area contributed by atoms with Crippen LogP contribution in [-0.4, -0.2) is 31.4 Å². The van der Waals surface area contributed by atoms with Gasteiger partial charge in [0.25, 0.3) is 0 Å². The van der Waals surface area contributed by atoms with Crippen LogP contribution in [0.5, 0.6) is 0 Å². The van der Waals surface area contributed by atoms with Gasteiger partial charge in [-0.3, -0.25) is 9.59 Å². The van der Waals surface area contributed by atoms with Crippen LogP contribution in [0.1, 0.15) is 6.42 Å². The molecular formula is C7H12N4O2. The molecule has 2 amide bonds. The summed E-state index contributed by atoms with van der Waals surface area (Å²) < 4.78 is 0. The highest BCUT2D eigenvalue weighted by molar-refractivity contribution is 5.85. The Balaban J connectivity index is 3.42. The molecule has 0 rings (SSSR count). The minimum absolute atomic E-state index is 0.0958. The minimum atomic E-state index is -0.379. The third-order valence-electron chi connectivity index (χ3n) is 1.19. The van der Waals surface area contributed by atoms with Crippen molar-refractivity contribution >= 4 is 11.8 Å². The molecule has 0 aromatic carbocycles. The Kier molecular flexibility index (Phi) is 6.19. The SMILES string of the molecule is N#CCCNC(=O)CNC(=O)CN. The lowest BCUT2D eigenvalue weighted by Gasteiger charge is -2.03. The van der Waals surface area contributed by atoms with Gasteiger partial charge in [-0.1, -0.05) is 0 Å². The lowest BCUT2D eigenvalue weighted by Crippen LogP contribution is -2.39. The Morgan fingerprint density at radius 3 is 2.54 bits per heavy atom. The van der Waals surface area contributed by atoms with E-state index in [9.17, 15) is 9.59 Å². The number of amides is 2. The van der Waals surface area contributed by atoms with Gasteiger partial charge in [0.05, 0.1) is 25.6 Å². The fourth-order valence-electron chi connectivity index (χ4n) is 0.571. The van der Waals surface area contributed by atoms with Crippen molar-refractivity contribution in [2.45, 2.75) is 6.42 Å². The monoisotopic (exact) mass is 184 g/mol. The summed E-state index contributed by atoms with van der Waals surface area (Å²) in [5, 5.41) is 12.9. The Morgan fingerprint density at radius 1 is 1.31 bits per heavy atom. The first-order valence-electron chi connectivity index (χ1n) is 3.81. The molecule has 0 aliphatic carbocycles. The van der Waals surface area contributed by atoms with Gasteiger partial charge in [0.2, 0.25) is 11.8 Å². The number of nitrogens with one attached hydrogen (secondary N) is 2. The average Bonchev–Trinajstić information content (AvgIpc) is 2.14. The van der Waals surface area contributed by atoms with Gasteiger partial charge >= 0.3 is 0 Å². The van der Waals surface area contributed by atoms with Gasteiger partial charge in [0.15, 0.2) is 0 Å². The van der Waals surface area contributed by atoms with E-state index >= 15 is 0 Å². The van der Waals surface area contributed by atoms with E-state index in [1.807, 2.05) is 6.07 Å². The van der Waals surface area contributed by atoms with Crippen LogP contribution in [0.15, 0.2) is 0 Å². The lowest BCUT2D eigenvalue weighted by atomic mass is 10.4. The van der Waals surface area contributed by atoms with E-state index in [1.54, 1.807) is 0 Å². The van der Waals surface area contributed by atoms with Crippen LogP contribution in [0.3, 0.4) is 0 Å².